The maximum atomic E-state index is 5.37. The predicted octanol–water partition coefficient (Wildman–Crippen LogP) is 28.8. The molecule has 0 aliphatic rings. The van der Waals surface area contributed by atoms with Crippen molar-refractivity contribution in [3.63, 3.8) is 0 Å². The molecule has 22 aromatic rings. The summed E-state index contributed by atoms with van der Waals surface area (Å²) in [7, 11) is 0. The van der Waals surface area contributed by atoms with Crippen LogP contribution in [0.15, 0.2) is 437 Å². The second-order valence-electron chi connectivity index (χ2n) is 30.1. The summed E-state index contributed by atoms with van der Waals surface area (Å²) in [5.41, 5.74) is 25.4. The molecule has 8 nitrogen and oxygen atoms in total. The first-order valence-corrected chi connectivity index (χ1v) is 40.4. The summed E-state index contributed by atoms with van der Waals surface area (Å²) in [6.07, 6.45) is 0. The van der Waals surface area contributed by atoms with Gasteiger partial charge in [-0.3, -0.25) is 0 Å². The van der Waals surface area contributed by atoms with Gasteiger partial charge in [-0.2, -0.15) is 0 Å². The number of fused-ring (bicyclic) bond motifs is 9. The Morgan fingerprint density at radius 2 is 0.375 bits per heavy atom. The third kappa shape index (κ3) is 14.3. The van der Waals surface area contributed by atoms with Gasteiger partial charge in [-0.05, 0) is 130 Å². The lowest BCUT2D eigenvalue weighted by Crippen LogP contribution is -2.00. The topological polar surface area (TPSA) is 103 Å². The summed E-state index contributed by atoms with van der Waals surface area (Å²) < 4.78 is 0. The van der Waals surface area contributed by atoms with Crippen molar-refractivity contribution < 1.29 is 0 Å². The van der Waals surface area contributed by atoms with E-state index in [0.29, 0.717) is 34.9 Å². The van der Waals surface area contributed by atoms with Gasteiger partial charge < -0.3 is 0 Å². The molecule has 0 aliphatic carbocycles. The zero-order chi connectivity index (χ0) is 79.7. The van der Waals surface area contributed by atoms with Gasteiger partial charge in [0.15, 0.2) is 34.9 Å². The van der Waals surface area contributed by atoms with E-state index in [9.17, 15) is 0 Å². The largest absolute Gasteiger partial charge is 0.247 e. The van der Waals surface area contributed by atoms with Gasteiger partial charge in [-0.25, -0.2) is 39.9 Å². The van der Waals surface area contributed by atoms with E-state index in [2.05, 4.69) is 364 Å². The molecule has 120 heavy (non-hydrogen) atoms. The van der Waals surface area contributed by atoms with Crippen molar-refractivity contribution in [3.05, 3.63) is 437 Å². The molecule has 0 bridgehead atoms. The van der Waals surface area contributed by atoms with E-state index in [-0.39, 0.29) is 0 Å². The number of pyridine rings is 2. The quantitative estimate of drug-likeness (QED) is 0.0784. The molecule has 4 aromatic heterocycles. The van der Waals surface area contributed by atoms with E-state index in [1.165, 1.54) is 54.2 Å². The second kappa shape index (κ2) is 31.6. The Bertz CT molecular complexity index is 7550. The Kier molecular flexibility index (Phi) is 18.8. The Morgan fingerprint density at radius 3 is 0.783 bits per heavy atom. The zero-order valence-electron chi connectivity index (χ0n) is 65.1. The molecule has 0 N–H and O–H groups in total. The van der Waals surface area contributed by atoms with Crippen molar-refractivity contribution in [2.45, 2.75) is 0 Å². The zero-order valence-corrected chi connectivity index (χ0v) is 65.1. The third-order valence-corrected chi connectivity index (χ3v) is 22.6. The highest BCUT2D eigenvalue weighted by molar-refractivity contribution is 6.18. The summed E-state index contributed by atoms with van der Waals surface area (Å²) in [5, 5.41) is 11.8. The fraction of sp³-hybridized carbons (Fsp3) is 0. The van der Waals surface area contributed by atoms with Gasteiger partial charge in [0.05, 0.1) is 22.4 Å². The van der Waals surface area contributed by atoms with Gasteiger partial charge >= 0.3 is 0 Å². The van der Waals surface area contributed by atoms with Crippen molar-refractivity contribution in [2.75, 3.05) is 0 Å². The number of rotatable bonds is 14. The maximum Gasteiger partial charge on any atom is 0.164 e. The van der Waals surface area contributed by atoms with Crippen LogP contribution in [-0.4, -0.2) is 39.9 Å². The van der Waals surface area contributed by atoms with E-state index in [0.717, 1.165) is 133 Å². The molecule has 18 aromatic carbocycles. The maximum absolute atomic E-state index is 5.37. The van der Waals surface area contributed by atoms with Gasteiger partial charge in [0.1, 0.15) is 0 Å². The van der Waals surface area contributed by atoms with Gasteiger partial charge in [-0.15, -0.1) is 0 Å². The summed E-state index contributed by atoms with van der Waals surface area (Å²) in [4.78, 5) is 40.7. The van der Waals surface area contributed by atoms with Gasteiger partial charge in [0.2, 0.25) is 0 Å². The monoisotopic (exact) mass is 1530 g/mol. The molecule has 0 radical (unpaired) electrons. The standard InChI is InChI=1S/2C56H36N4/c1-3-13-37(14-4-1)38-29-31-43(32-30-38)55-58-54(42-16-5-2-6-17-42)59-56(60-55)47-21-12-19-45(36-47)40-27-25-39(26-28-40)44-18-11-20-46(35-44)52-50-24-10-9-23-49(50)51-34-33-41-15-7-8-22-48(41)53(51)57-52;1-3-13-37(14-4-1)38-29-31-42(32-30-38)55-58-54(41-15-5-2-6-16-41)59-56(60-55)48-22-12-20-44(34-48)40-27-25-39(26-28-40)43-19-11-21-47(33-43)53-50-24-10-9-23-49(50)51-35-45-17-7-8-18-46(45)36-52(51)57-53/h2*1-36H. The van der Waals surface area contributed by atoms with E-state index in [1.54, 1.807) is 0 Å². The fourth-order valence-electron chi connectivity index (χ4n) is 16.4. The van der Waals surface area contributed by atoms with Gasteiger partial charge in [0.25, 0.3) is 0 Å². The molecule has 0 unspecified atom stereocenters. The van der Waals surface area contributed by atoms with Crippen molar-refractivity contribution in [3.8, 4) is 158 Å². The highest BCUT2D eigenvalue weighted by Gasteiger charge is 2.20. The molecule has 0 saturated heterocycles. The Labute approximate surface area is 694 Å². The molecule has 8 heteroatoms. The minimum atomic E-state index is 0.629. The molecule has 0 amide bonds. The van der Waals surface area contributed by atoms with Crippen LogP contribution in [-0.2, 0) is 0 Å². The molecular formula is C112H72N8. The van der Waals surface area contributed by atoms with E-state index < -0.39 is 0 Å². The lowest BCUT2D eigenvalue weighted by molar-refractivity contribution is 1.07. The Hall–Kier alpha value is -16.2. The van der Waals surface area contributed by atoms with E-state index in [4.69, 9.17) is 39.9 Å². The predicted molar refractivity (Wildman–Crippen MR) is 496 cm³/mol. The van der Waals surface area contributed by atoms with Crippen LogP contribution < -0.4 is 0 Å². The lowest BCUT2D eigenvalue weighted by Gasteiger charge is -2.13. The van der Waals surface area contributed by atoms with E-state index in [1.807, 2.05) is 72.8 Å². The molecule has 4 heterocycles. The van der Waals surface area contributed by atoms with E-state index >= 15 is 0 Å². The van der Waals surface area contributed by atoms with Crippen LogP contribution in [0.1, 0.15) is 0 Å². The Balaban J connectivity index is 0.000000148. The summed E-state index contributed by atoms with van der Waals surface area (Å²) in [6, 6.07) is 153. The average Bonchev–Trinajstić information content (AvgIpc) is 0.747. The van der Waals surface area contributed by atoms with Crippen LogP contribution in [0.3, 0.4) is 0 Å². The van der Waals surface area contributed by atoms with Crippen molar-refractivity contribution in [2.24, 2.45) is 0 Å². The molecule has 560 valence electrons. The third-order valence-electron chi connectivity index (χ3n) is 22.6. The Morgan fingerprint density at radius 1 is 0.117 bits per heavy atom. The summed E-state index contributed by atoms with van der Waals surface area (Å²) in [5.74, 6) is 3.81. The van der Waals surface area contributed by atoms with Crippen molar-refractivity contribution >= 4 is 64.9 Å². The molecule has 22 rings (SSSR count). The van der Waals surface area contributed by atoms with Crippen LogP contribution in [0, 0.1) is 0 Å². The molecule has 0 spiro atoms. The van der Waals surface area contributed by atoms with Crippen molar-refractivity contribution in [1.82, 2.24) is 39.9 Å². The molecule has 0 atom stereocenters. The van der Waals surface area contributed by atoms with Crippen LogP contribution >= 0.6 is 0 Å². The van der Waals surface area contributed by atoms with Crippen LogP contribution in [0.25, 0.3) is 222 Å². The number of aromatic nitrogens is 8. The van der Waals surface area contributed by atoms with Crippen LogP contribution in [0.5, 0.6) is 0 Å². The van der Waals surface area contributed by atoms with Gasteiger partial charge in [-0.1, -0.05) is 400 Å². The highest BCUT2D eigenvalue weighted by atomic mass is 15.0. The SMILES string of the molecule is c1ccc(-c2ccc(-c3nc(-c4ccccc4)nc(-c4cccc(-c5ccc(-c6cccc(-c7nc8c9ccccc9ccc8c8ccccc78)c6)cc5)c4)n3)cc2)cc1.c1ccc(-c2ccc(-c3nc(-c4ccccc4)nc(-c4cccc(-c5ccc(-c6cccc(-c7nc8cc9ccccc9cc8c8ccccc78)c6)cc5)c4)n3)cc2)cc1. The van der Waals surface area contributed by atoms with Gasteiger partial charge in [0, 0.05) is 71.4 Å². The van der Waals surface area contributed by atoms with Crippen LogP contribution in [0.4, 0.5) is 0 Å². The molecule has 0 saturated carbocycles. The number of hydrogen-bond donors (Lipinski definition) is 0. The normalized spacial score (nSPS) is 11.3. The number of nitrogens with zero attached hydrogens (tertiary/aromatic N) is 8. The molecular weight excluding hydrogens is 1460 g/mol. The lowest BCUT2D eigenvalue weighted by atomic mass is 9.95. The molecule has 0 fully saturated rings. The first-order chi connectivity index (χ1) is 59.4. The summed E-state index contributed by atoms with van der Waals surface area (Å²) >= 11 is 0. The van der Waals surface area contributed by atoms with Crippen LogP contribution in [0.2, 0.25) is 0 Å². The van der Waals surface area contributed by atoms with Crippen molar-refractivity contribution in [1.29, 1.82) is 0 Å². The minimum Gasteiger partial charge on any atom is -0.247 e. The number of hydrogen-bond acceptors (Lipinski definition) is 8. The molecule has 0 aliphatic heterocycles. The second-order valence-corrected chi connectivity index (χ2v) is 30.1. The fourth-order valence-corrected chi connectivity index (χ4v) is 16.4. The smallest absolute Gasteiger partial charge is 0.164 e. The minimum absolute atomic E-state index is 0.629. The number of benzene rings is 18. The highest BCUT2D eigenvalue weighted by Crippen LogP contribution is 2.41. The average molecular weight is 1530 g/mol. The first kappa shape index (κ1) is 71.6. The summed E-state index contributed by atoms with van der Waals surface area (Å²) in [6.45, 7) is 0. The first-order valence-electron chi connectivity index (χ1n) is 40.4.